The third-order valence-electron chi connectivity index (χ3n) is 4.89. The molecule has 1 aromatic carbocycles. The average molecular weight is 561 g/mol. The molecule has 0 fully saturated rings. The van der Waals surface area contributed by atoms with Gasteiger partial charge >= 0.3 is 31.6 Å². The van der Waals surface area contributed by atoms with Gasteiger partial charge in [-0.2, -0.15) is 0 Å². The molecule has 1 rings (SSSR count). The summed E-state index contributed by atoms with van der Waals surface area (Å²) >= 11 is 0. The minimum atomic E-state index is -4.96. The largest absolute Gasteiger partial charge is 0.481 e. The predicted octanol–water partition coefficient (Wildman–Crippen LogP) is -0.448. The van der Waals surface area contributed by atoms with Crippen LogP contribution in [0, 0.1) is 6.92 Å². The highest BCUT2D eigenvalue weighted by molar-refractivity contribution is 7.50. The Kier molecular flexibility index (Phi) is 12.5. The molecule has 1 unspecified atom stereocenters. The topological polar surface area (TPSA) is 266 Å². The summed E-state index contributed by atoms with van der Waals surface area (Å²) in [5.74, 6) is -7.85. The van der Waals surface area contributed by atoms with E-state index in [2.05, 4.69) is 9.84 Å². The lowest BCUT2D eigenvalue weighted by molar-refractivity contribution is -0.143. The van der Waals surface area contributed by atoms with Gasteiger partial charge in [-0.05, 0) is 31.9 Å². The minimum absolute atomic E-state index is 0.185. The summed E-state index contributed by atoms with van der Waals surface area (Å²) in [6, 6.07) is 1.06. The maximum absolute atomic E-state index is 12.3. The van der Waals surface area contributed by atoms with Gasteiger partial charge in [0, 0.05) is 18.4 Å². The van der Waals surface area contributed by atoms with Gasteiger partial charge < -0.3 is 36.0 Å². The van der Waals surface area contributed by atoms with E-state index < -0.39 is 93.9 Å². The van der Waals surface area contributed by atoms with Crippen LogP contribution in [0.4, 0.5) is 0 Å². The van der Waals surface area contributed by atoms with Gasteiger partial charge in [-0.15, -0.1) is 0 Å². The number of nitrogens with one attached hydrogen (secondary N) is 3. The van der Waals surface area contributed by atoms with E-state index in [4.69, 9.17) is 10.2 Å². The Balaban J connectivity index is 2.69. The van der Waals surface area contributed by atoms with Crippen molar-refractivity contribution in [2.45, 2.75) is 50.7 Å². The van der Waals surface area contributed by atoms with E-state index in [9.17, 15) is 48.4 Å². The summed E-state index contributed by atoms with van der Waals surface area (Å²) in [5.41, 5.74) is 1.06. The van der Waals surface area contributed by atoms with Crippen LogP contribution in [-0.2, 0) is 33.1 Å². The third kappa shape index (κ3) is 11.9. The van der Waals surface area contributed by atoms with Gasteiger partial charge in [0.05, 0.1) is 6.61 Å². The molecule has 210 valence electrons. The summed E-state index contributed by atoms with van der Waals surface area (Å²) in [4.78, 5) is 79.0. The van der Waals surface area contributed by atoms with Gasteiger partial charge in [0.2, 0.25) is 5.91 Å². The molecule has 17 heteroatoms. The Morgan fingerprint density at radius 3 is 1.84 bits per heavy atom. The molecular formula is C21H28N3O13P. The highest BCUT2D eigenvalue weighted by atomic mass is 31.2. The van der Waals surface area contributed by atoms with Crippen molar-refractivity contribution in [1.29, 1.82) is 0 Å². The molecule has 1 aromatic rings. The Morgan fingerprint density at radius 1 is 0.816 bits per heavy atom. The number of carboxylic acids is 4. The Bertz CT molecular complexity index is 1090. The van der Waals surface area contributed by atoms with Crippen LogP contribution in [0.3, 0.4) is 0 Å². The smallest absolute Gasteiger partial charge is 0.403 e. The minimum Gasteiger partial charge on any atom is -0.481 e. The van der Waals surface area contributed by atoms with Crippen molar-refractivity contribution in [2.75, 3.05) is 6.61 Å². The van der Waals surface area contributed by atoms with Crippen molar-refractivity contribution in [1.82, 2.24) is 15.7 Å². The summed E-state index contributed by atoms with van der Waals surface area (Å²) in [6.07, 6.45) is -2.21. The van der Waals surface area contributed by atoms with Crippen LogP contribution in [0.25, 0.3) is 0 Å². The third-order valence-corrected chi connectivity index (χ3v) is 6.03. The first kappa shape index (κ1) is 32.2. The summed E-state index contributed by atoms with van der Waals surface area (Å²) in [7, 11) is -4.96. The zero-order chi connectivity index (χ0) is 29.0. The van der Waals surface area contributed by atoms with Crippen molar-refractivity contribution >= 4 is 43.4 Å². The second-order valence-corrected chi connectivity index (χ2v) is 9.55. The Morgan fingerprint density at radius 2 is 1.34 bits per heavy atom. The molecule has 0 aliphatic rings. The monoisotopic (exact) mass is 561 g/mol. The van der Waals surface area contributed by atoms with Crippen LogP contribution < -0.4 is 15.7 Å². The van der Waals surface area contributed by atoms with E-state index in [-0.39, 0.29) is 5.56 Å². The Hall–Kier alpha value is -3.85. The molecule has 0 bridgehead atoms. The van der Waals surface area contributed by atoms with Gasteiger partial charge in [-0.1, -0.05) is 17.7 Å². The van der Waals surface area contributed by atoms with Crippen LogP contribution >= 0.6 is 7.75 Å². The van der Waals surface area contributed by atoms with Crippen molar-refractivity contribution in [2.24, 2.45) is 0 Å². The lowest BCUT2D eigenvalue weighted by Gasteiger charge is -2.21. The van der Waals surface area contributed by atoms with Crippen LogP contribution in [-0.4, -0.2) is 85.7 Å². The lowest BCUT2D eigenvalue weighted by atomic mass is 10.1. The van der Waals surface area contributed by atoms with Crippen molar-refractivity contribution in [3.63, 3.8) is 0 Å². The molecule has 8 N–H and O–H groups in total. The fraction of sp³-hybridized carbons (Fsp3) is 0.429. The number of amides is 2. The number of rotatable bonds is 17. The molecule has 0 heterocycles. The van der Waals surface area contributed by atoms with E-state index in [0.717, 1.165) is 5.56 Å². The second-order valence-electron chi connectivity index (χ2n) is 8.00. The number of aryl methyl sites for hydroxylation is 1. The Labute approximate surface area is 215 Å². The van der Waals surface area contributed by atoms with E-state index >= 15 is 0 Å². The number of hydrogen-bond donors (Lipinski definition) is 8. The number of benzene rings is 1. The van der Waals surface area contributed by atoms with Crippen LogP contribution in [0.15, 0.2) is 24.3 Å². The second kappa shape index (κ2) is 14.8. The molecular weight excluding hydrogens is 533 g/mol. The molecule has 16 nitrogen and oxygen atoms in total. The molecule has 4 atom stereocenters. The predicted molar refractivity (Wildman–Crippen MR) is 126 cm³/mol. The molecule has 0 saturated heterocycles. The molecule has 0 radical (unpaired) electrons. The first-order valence-corrected chi connectivity index (χ1v) is 12.5. The fourth-order valence-corrected chi connectivity index (χ4v) is 3.90. The summed E-state index contributed by atoms with van der Waals surface area (Å²) in [6.45, 7) is 0.695. The average Bonchev–Trinajstić information content (AvgIpc) is 2.81. The van der Waals surface area contributed by atoms with E-state index in [1.54, 1.807) is 24.1 Å². The van der Waals surface area contributed by atoms with Crippen molar-refractivity contribution in [3.8, 4) is 0 Å². The first-order chi connectivity index (χ1) is 17.6. The van der Waals surface area contributed by atoms with Crippen LogP contribution in [0.5, 0.6) is 0 Å². The normalized spacial score (nSPS) is 14.8. The van der Waals surface area contributed by atoms with E-state index in [1.807, 2.05) is 5.32 Å². The van der Waals surface area contributed by atoms with Crippen molar-refractivity contribution < 1.29 is 63.2 Å². The molecule has 0 spiro atoms. The maximum atomic E-state index is 12.3. The van der Waals surface area contributed by atoms with Gasteiger partial charge in [-0.25, -0.2) is 19.2 Å². The molecule has 0 aliphatic carbocycles. The highest BCUT2D eigenvalue weighted by Crippen LogP contribution is 2.38. The molecule has 2 amide bonds. The number of aliphatic carboxylic acids is 4. The van der Waals surface area contributed by atoms with Gasteiger partial charge in [0.25, 0.3) is 5.91 Å². The van der Waals surface area contributed by atoms with Crippen LogP contribution in [0.2, 0.25) is 0 Å². The van der Waals surface area contributed by atoms with Gasteiger partial charge in [0.1, 0.15) is 12.1 Å². The quantitative estimate of drug-likeness (QED) is 0.112. The maximum Gasteiger partial charge on any atom is 0.403 e. The number of carboxylic acid groups (broad SMARTS) is 4. The molecule has 0 saturated carbocycles. The molecule has 0 aromatic heterocycles. The number of carbonyl (C=O) groups is 6. The van der Waals surface area contributed by atoms with E-state index in [0.29, 0.717) is 0 Å². The lowest BCUT2D eigenvalue weighted by Crippen LogP contribution is -2.46. The van der Waals surface area contributed by atoms with Crippen LogP contribution in [0.1, 0.15) is 41.6 Å². The molecule has 38 heavy (non-hydrogen) atoms. The van der Waals surface area contributed by atoms with Gasteiger partial charge in [-0.3, -0.25) is 23.7 Å². The molecule has 0 aliphatic heterocycles. The first-order valence-electron chi connectivity index (χ1n) is 10.9. The number of carbonyl (C=O) groups excluding carboxylic acids is 2. The fourth-order valence-electron chi connectivity index (χ4n) is 2.84. The SMILES string of the molecule is Cc1ccc(C(=O)N[C@@H](CCC(=O)N[C@@H](COP(=O)(O)N[C@@H](CCC(=O)O)C(=O)O)C(=O)O)C(=O)O)cc1. The summed E-state index contributed by atoms with van der Waals surface area (Å²) in [5, 5.41) is 42.2. The summed E-state index contributed by atoms with van der Waals surface area (Å²) < 4.78 is 16.7. The standard InChI is InChI=1S/C21H28N3O13P/c1-11-2-4-12(5-3-11)18(28)23-13(19(29)30)6-8-16(25)22-15(21(33)34)10-37-38(35,36)24-14(20(31)32)7-9-17(26)27/h2-5,13-15H,6-10H2,1H3,(H,22,25)(H,23,28)(H,26,27)(H,29,30)(H,31,32)(H,33,34)(H2,24,35,36)/t13-,14-,15-/m0/s1. The number of hydrogen-bond acceptors (Lipinski definition) is 8. The highest BCUT2D eigenvalue weighted by Gasteiger charge is 2.32. The zero-order valence-corrected chi connectivity index (χ0v) is 20.9. The van der Waals surface area contributed by atoms with Crippen molar-refractivity contribution in [3.05, 3.63) is 35.4 Å². The van der Waals surface area contributed by atoms with E-state index in [1.165, 1.54) is 12.1 Å². The zero-order valence-electron chi connectivity index (χ0n) is 20.0. The van der Waals surface area contributed by atoms with Gasteiger partial charge in [0.15, 0.2) is 6.04 Å².